The molecular formula is C15H20F3N3O4. The van der Waals surface area contributed by atoms with Gasteiger partial charge in [0.1, 0.15) is 12.1 Å². The van der Waals surface area contributed by atoms with Gasteiger partial charge in [-0.3, -0.25) is 14.4 Å². The highest BCUT2D eigenvalue weighted by Gasteiger charge is 2.43. The lowest BCUT2D eigenvalue weighted by atomic mass is 10.2. The zero-order valence-electron chi connectivity index (χ0n) is 14.4. The van der Waals surface area contributed by atoms with E-state index in [-0.39, 0.29) is 31.0 Å². The van der Waals surface area contributed by atoms with E-state index < -0.39 is 36.1 Å². The molecule has 0 atom stereocenters. The summed E-state index contributed by atoms with van der Waals surface area (Å²) in [7, 11) is 0. The first-order valence-corrected chi connectivity index (χ1v) is 7.71. The maximum atomic E-state index is 13.2. The van der Waals surface area contributed by atoms with Crippen LogP contribution in [-0.2, 0) is 40.1 Å². The SMILES string of the molecule is CCOC(=O)Cn1nc(C(F)(F)F)c2c1CN(C(=O)OC(C)(C)C)C2. The largest absolute Gasteiger partial charge is 0.465 e. The number of nitrogens with zero attached hydrogens (tertiary/aromatic N) is 3. The average Bonchev–Trinajstić information content (AvgIpc) is 2.96. The van der Waals surface area contributed by atoms with Crippen LogP contribution in [0.2, 0.25) is 0 Å². The fourth-order valence-corrected chi connectivity index (χ4v) is 2.45. The number of esters is 1. The van der Waals surface area contributed by atoms with Gasteiger partial charge in [-0.25, -0.2) is 4.79 Å². The van der Waals surface area contributed by atoms with E-state index in [1.165, 1.54) is 0 Å². The molecule has 7 nitrogen and oxygen atoms in total. The molecule has 0 aromatic carbocycles. The first-order valence-electron chi connectivity index (χ1n) is 7.71. The fraction of sp³-hybridized carbons (Fsp3) is 0.667. The molecular weight excluding hydrogens is 343 g/mol. The van der Waals surface area contributed by atoms with Crippen molar-refractivity contribution in [1.82, 2.24) is 14.7 Å². The third-order valence-electron chi connectivity index (χ3n) is 3.36. The van der Waals surface area contributed by atoms with Crippen molar-refractivity contribution in [3.05, 3.63) is 17.0 Å². The second kappa shape index (κ2) is 6.57. The quantitative estimate of drug-likeness (QED) is 0.772. The van der Waals surface area contributed by atoms with E-state index in [9.17, 15) is 22.8 Å². The zero-order valence-corrected chi connectivity index (χ0v) is 14.4. The van der Waals surface area contributed by atoms with E-state index in [0.717, 1.165) is 9.58 Å². The van der Waals surface area contributed by atoms with Crippen molar-refractivity contribution in [1.29, 1.82) is 0 Å². The fourth-order valence-electron chi connectivity index (χ4n) is 2.45. The number of rotatable bonds is 3. The molecule has 0 N–H and O–H groups in total. The lowest BCUT2D eigenvalue weighted by Gasteiger charge is -2.24. The topological polar surface area (TPSA) is 73.7 Å². The molecule has 0 bridgehead atoms. The van der Waals surface area contributed by atoms with E-state index >= 15 is 0 Å². The number of hydrogen-bond donors (Lipinski definition) is 0. The Hall–Kier alpha value is -2.26. The van der Waals surface area contributed by atoms with Gasteiger partial charge in [-0.05, 0) is 27.7 Å². The summed E-state index contributed by atoms with van der Waals surface area (Å²) in [4.78, 5) is 24.9. The standard InChI is InChI=1S/C15H20F3N3O4/c1-5-24-11(22)8-21-10-7-20(13(23)25-14(2,3)4)6-9(10)12(19-21)15(16,17)18/h5-8H2,1-4H3. The van der Waals surface area contributed by atoms with Crippen LogP contribution < -0.4 is 0 Å². The van der Waals surface area contributed by atoms with Crippen molar-refractivity contribution in [2.75, 3.05) is 6.61 Å². The Balaban J connectivity index is 2.29. The molecule has 1 aromatic rings. The molecule has 1 aliphatic heterocycles. The second-order valence-corrected chi connectivity index (χ2v) is 6.57. The number of amides is 1. The van der Waals surface area contributed by atoms with Crippen molar-refractivity contribution in [2.24, 2.45) is 0 Å². The van der Waals surface area contributed by atoms with Gasteiger partial charge >= 0.3 is 18.2 Å². The van der Waals surface area contributed by atoms with Crippen LogP contribution in [0.3, 0.4) is 0 Å². The Kier molecular flexibility index (Phi) is 5.01. The summed E-state index contributed by atoms with van der Waals surface area (Å²) in [6.45, 7) is 5.85. The molecule has 0 radical (unpaired) electrons. The summed E-state index contributed by atoms with van der Waals surface area (Å²) >= 11 is 0. The summed E-state index contributed by atoms with van der Waals surface area (Å²) in [5, 5.41) is 3.51. The van der Waals surface area contributed by atoms with Crippen LogP contribution in [0.1, 0.15) is 44.6 Å². The number of halogens is 3. The first kappa shape index (κ1) is 19.1. The van der Waals surface area contributed by atoms with Crippen molar-refractivity contribution in [3.8, 4) is 0 Å². The van der Waals surface area contributed by atoms with Gasteiger partial charge in [0.2, 0.25) is 0 Å². The van der Waals surface area contributed by atoms with Gasteiger partial charge in [-0.2, -0.15) is 18.3 Å². The van der Waals surface area contributed by atoms with Gasteiger partial charge in [0.05, 0.1) is 25.4 Å². The Morgan fingerprint density at radius 3 is 2.36 bits per heavy atom. The first-order chi connectivity index (χ1) is 11.4. The highest BCUT2D eigenvalue weighted by molar-refractivity contribution is 5.70. The Morgan fingerprint density at radius 1 is 1.20 bits per heavy atom. The maximum Gasteiger partial charge on any atom is 0.435 e. The number of aromatic nitrogens is 2. The molecule has 0 aliphatic carbocycles. The number of hydrogen-bond acceptors (Lipinski definition) is 5. The Bertz CT molecular complexity index is 677. The highest BCUT2D eigenvalue weighted by atomic mass is 19.4. The number of fused-ring (bicyclic) bond motifs is 1. The van der Waals surface area contributed by atoms with Crippen LogP contribution in [0.5, 0.6) is 0 Å². The van der Waals surface area contributed by atoms with Crippen LogP contribution in [0.25, 0.3) is 0 Å². The Morgan fingerprint density at radius 2 is 1.84 bits per heavy atom. The molecule has 0 spiro atoms. The number of ether oxygens (including phenoxy) is 2. The summed E-state index contributed by atoms with van der Waals surface area (Å²) in [6.07, 6.45) is -5.41. The van der Waals surface area contributed by atoms with Crippen molar-refractivity contribution >= 4 is 12.1 Å². The van der Waals surface area contributed by atoms with Crippen LogP contribution in [0.15, 0.2) is 0 Å². The molecule has 0 unspecified atom stereocenters. The van der Waals surface area contributed by atoms with Gasteiger partial charge in [0.15, 0.2) is 5.69 Å². The van der Waals surface area contributed by atoms with E-state index in [2.05, 4.69) is 5.10 Å². The summed E-state index contributed by atoms with van der Waals surface area (Å²) in [6, 6.07) is 0. The van der Waals surface area contributed by atoms with Crippen LogP contribution in [0, 0.1) is 0 Å². The van der Waals surface area contributed by atoms with Gasteiger partial charge in [0.25, 0.3) is 0 Å². The number of alkyl halides is 3. The number of carbonyl (C=O) groups is 2. The molecule has 0 saturated carbocycles. The highest BCUT2D eigenvalue weighted by Crippen LogP contribution is 2.37. The van der Waals surface area contributed by atoms with E-state index in [4.69, 9.17) is 9.47 Å². The van der Waals surface area contributed by atoms with Crippen molar-refractivity contribution < 1.29 is 32.2 Å². The van der Waals surface area contributed by atoms with Crippen LogP contribution >= 0.6 is 0 Å². The molecule has 25 heavy (non-hydrogen) atoms. The average molecular weight is 363 g/mol. The van der Waals surface area contributed by atoms with Crippen LogP contribution in [-0.4, -0.2) is 39.0 Å². The lowest BCUT2D eigenvalue weighted by molar-refractivity contribution is -0.146. The molecule has 0 fully saturated rings. The number of carbonyl (C=O) groups excluding carboxylic acids is 2. The summed E-state index contributed by atoms with van der Waals surface area (Å²) in [5.74, 6) is -0.697. The second-order valence-electron chi connectivity index (χ2n) is 6.57. The molecule has 140 valence electrons. The minimum atomic E-state index is -4.69. The normalized spacial score (nSPS) is 14.4. The van der Waals surface area contributed by atoms with Gasteiger partial charge in [0, 0.05) is 5.56 Å². The third kappa shape index (κ3) is 4.43. The molecule has 1 aromatic heterocycles. The van der Waals surface area contributed by atoms with Crippen molar-refractivity contribution in [3.63, 3.8) is 0 Å². The minimum Gasteiger partial charge on any atom is -0.465 e. The Labute approximate surface area is 142 Å². The predicted molar refractivity (Wildman–Crippen MR) is 79.3 cm³/mol. The zero-order chi connectivity index (χ0) is 19.0. The van der Waals surface area contributed by atoms with E-state index in [1.54, 1.807) is 27.7 Å². The van der Waals surface area contributed by atoms with Gasteiger partial charge in [-0.15, -0.1) is 0 Å². The maximum absolute atomic E-state index is 13.2. The monoisotopic (exact) mass is 363 g/mol. The molecule has 1 amide bonds. The third-order valence-corrected chi connectivity index (χ3v) is 3.36. The van der Waals surface area contributed by atoms with E-state index in [0.29, 0.717) is 0 Å². The smallest absolute Gasteiger partial charge is 0.435 e. The molecule has 2 rings (SSSR count). The molecule has 10 heteroatoms. The summed E-state index contributed by atoms with van der Waals surface area (Å²) in [5.41, 5.74) is -1.83. The summed E-state index contributed by atoms with van der Waals surface area (Å²) < 4.78 is 50.5. The van der Waals surface area contributed by atoms with Gasteiger partial charge < -0.3 is 9.47 Å². The molecule has 0 saturated heterocycles. The minimum absolute atomic E-state index is 0.110. The van der Waals surface area contributed by atoms with Gasteiger partial charge in [-0.1, -0.05) is 0 Å². The molecule has 1 aliphatic rings. The van der Waals surface area contributed by atoms with E-state index in [1.807, 2.05) is 0 Å². The molecule has 2 heterocycles. The van der Waals surface area contributed by atoms with Crippen LogP contribution in [0.4, 0.5) is 18.0 Å². The van der Waals surface area contributed by atoms with Crippen molar-refractivity contribution in [2.45, 2.75) is 59.1 Å². The predicted octanol–water partition coefficient (Wildman–Crippen LogP) is 2.72. The lowest BCUT2D eigenvalue weighted by Crippen LogP contribution is -2.34.